The molecule has 0 aromatic heterocycles. The lowest BCUT2D eigenvalue weighted by atomic mass is 10.1. The molecule has 2 aromatic carbocycles. The molecule has 0 unspecified atom stereocenters. The molecule has 0 radical (unpaired) electrons. The summed E-state index contributed by atoms with van der Waals surface area (Å²) in [6.45, 7) is 2.52. The first-order valence-corrected chi connectivity index (χ1v) is 7.12. The van der Waals surface area contributed by atoms with Crippen LogP contribution in [-0.4, -0.2) is 37.2 Å². The molecule has 4 heteroatoms. The number of hydrogen-bond donors (Lipinski definition) is 1. The molecule has 1 aliphatic rings. The molecule has 0 aliphatic carbocycles. The molecule has 108 valence electrons. The first-order chi connectivity index (χ1) is 10.3. The average molecular weight is 282 g/mol. The summed E-state index contributed by atoms with van der Waals surface area (Å²) >= 11 is 0. The number of nitrogens with one attached hydrogen (secondary N) is 1. The predicted octanol–water partition coefficient (Wildman–Crippen LogP) is 3.22. The van der Waals surface area contributed by atoms with E-state index in [0.29, 0.717) is 26.3 Å². The van der Waals surface area contributed by atoms with E-state index in [1.807, 2.05) is 42.5 Å². The first-order valence-electron chi connectivity index (χ1n) is 7.12. The molecule has 3 rings (SSSR count). The summed E-state index contributed by atoms with van der Waals surface area (Å²) in [6, 6.07) is 18.0. The molecule has 0 bridgehead atoms. The Hall–Kier alpha value is -2.33. The van der Waals surface area contributed by atoms with Crippen molar-refractivity contribution in [1.29, 1.82) is 0 Å². The highest BCUT2D eigenvalue weighted by atomic mass is 16.5. The van der Waals surface area contributed by atoms with Gasteiger partial charge in [-0.1, -0.05) is 42.5 Å². The van der Waals surface area contributed by atoms with E-state index in [1.54, 1.807) is 4.90 Å². The van der Waals surface area contributed by atoms with Crippen LogP contribution < -0.4 is 5.32 Å². The monoisotopic (exact) mass is 282 g/mol. The maximum absolute atomic E-state index is 12.1. The summed E-state index contributed by atoms with van der Waals surface area (Å²) in [4.78, 5) is 13.9. The van der Waals surface area contributed by atoms with E-state index in [0.717, 1.165) is 11.3 Å². The molecule has 1 N–H and O–H groups in total. The van der Waals surface area contributed by atoms with Crippen LogP contribution in [0.25, 0.3) is 11.1 Å². The lowest BCUT2D eigenvalue weighted by Gasteiger charge is -2.26. The number of hydrogen-bond acceptors (Lipinski definition) is 2. The van der Waals surface area contributed by atoms with Crippen LogP contribution in [0.1, 0.15) is 0 Å². The van der Waals surface area contributed by atoms with Gasteiger partial charge in [0, 0.05) is 18.8 Å². The fourth-order valence-corrected chi connectivity index (χ4v) is 2.35. The van der Waals surface area contributed by atoms with Crippen molar-refractivity contribution < 1.29 is 9.53 Å². The van der Waals surface area contributed by atoms with E-state index in [2.05, 4.69) is 17.4 Å². The minimum atomic E-state index is -0.0641. The van der Waals surface area contributed by atoms with Crippen molar-refractivity contribution >= 4 is 11.7 Å². The maximum Gasteiger partial charge on any atom is 0.321 e. The van der Waals surface area contributed by atoms with Crippen molar-refractivity contribution in [3.63, 3.8) is 0 Å². The van der Waals surface area contributed by atoms with Gasteiger partial charge >= 0.3 is 6.03 Å². The van der Waals surface area contributed by atoms with Crippen LogP contribution >= 0.6 is 0 Å². The fraction of sp³-hybridized carbons (Fsp3) is 0.235. The summed E-state index contributed by atoms with van der Waals surface area (Å²) in [5, 5.41) is 2.92. The van der Waals surface area contributed by atoms with Crippen LogP contribution in [-0.2, 0) is 4.74 Å². The minimum absolute atomic E-state index is 0.0641. The molecule has 1 fully saturated rings. The van der Waals surface area contributed by atoms with Crippen LogP contribution in [0.5, 0.6) is 0 Å². The van der Waals surface area contributed by atoms with Gasteiger partial charge < -0.3 is 15.0 Å². The topological polar surface area (TPSA) is 41.6 Å². The second-order valence-electron chi connectivity index (χ2n) is 4.97. The number of urea groups is 1. The normalized spacial score (nSPS) is 14.8. The zero-order chi connectivity index (χ0) is 14.5. The summed E-state index contributed by atoms with van der Waals surface area (Å²) in [6.07, 6.45) is 0. The molecule has 2 amide bonds. The number of benzene rings is 2. The largest absolute Gasteiger partial charge is 0.378 e. The maximum atomic E-state index is 12.1. The van der Waals surface area contributed by atoms with Crippen molar-refractivity contribution in [2.75, 3.05) is 31.6 Å². The molecule has 0 saturated carbocycles. The Morgan fingerprint density at radius 3 is 2.19 bits per heavy atom. The number of rotatable bonds is 2. The molecule has 1 aliphatic heterocycles. The highest BCUT2D eigenvalue weighted by molar-refractivity contribution is 5.89. The van der Waals surface area contributed by atoms with E-state index in [9.17, 15) is 4.79 Å². The lowest BCUT2D eigenvalue weighted by molar-refractivity contribution is 0.0564. The SMILES string of the molecule is O=C(Nc1ccc(-c2ccccc2)cc1)N1CCOCC1. The van der Waals surface area contributed by atoms with Gasteiger partial charge in [0.25, 0.3) is 0 Å². The van der Waals surface area contributed by atoms with Gasteiger partial charge in [-0.15, -0.1) is 0 Å². The van der Waals surface area contributed by atoms with E-state index in [4.69, 9.17) is 4.74 Å². The highest BCUT2D eigenvalue weighted by Crippen LogP contribution is 2.21. The molecule has 0 atom stereocenters. The zero-order valence-electron chi connectivity index (χ0n) is 11.8. The van der Waals surface area contributed by atoms with E-state index >= 15 is 0 Å². The number of morpholine rings is 1. The van der Waals surface area contributed by atoms with Gasteiger partial charge in [-0.3, -0.25) is 0 Å². The van der Waals surface area contributed by atoms with Gasteiger partial charge in [0.15, 0.2) is 0 Å². The Morgan fingerprint density at radius 2 is 1.52 bits per heavy atom. The smallest absolute Gasteiger partial charge is 0.321 e. The summed E-state index contributed by atoms with van der Waals surface area (Å²) in [7, 11) is 0. The third-order valence-electron chi connectivity index (χ3n) is 3.54. The van der Waals surface area contributed by atoms with E-state index < -0.39 is 0 Å². The highest BCUT2D eigenvalue weighted by Gasteiger charge is 2.16. The first kappa shape index (κ1) is 13.6. The quantitative estimate of drug-likeness (QED) is 0.919. The van der Waals surface area contributed by atoms with E-state index in [1.165, 1.54) is 5.56 Å². The number of amides is 2. The standard InChI is InChI=1S/C17H18N2O2/c20-17(19-10-12-21-13-11-19)18-16-8-6-15(7-9-16)14-4-2-1-3-5-14/h1-9H,10-13H2,(H,18,20). The van der Waals surface area contributed by atoms with Crippen molar-refractivity contribution in [1.82, 2.24) is 4.90 Å². The van der Waals surface area contributed by atoms with Crippen molar-refractivity contribution in [3.8, 4) is 11.1 Å². The van der Waals surface area contributed by atoms with Crippen molar-refractivity contribution in [2.24, 2.45) is 0 Å². The molecule has 21 heavy (non-hydrogen) atoms. The van der Waals surface area contributed by atoms with Crippen molar-refractivity contribution in [3.05, 3.63) is 54.6 Å². The third kappa shape index (κ3) is 3.41. The third-order valence-corrected chi connectivity index (χ3v) is 3.54. The number of anilines is 1. The molecule has 2 aromatic rings. The Kier molecular flexibility index (Phi) is 4.17. The van der Waals surface area contributed by atoms with E-state index in [-0.39, 0.29) is 6.03 Å². The Bertz CT molecular complexity index is 590. The molecule has 1 saturated heterocycles. The number of carbonyl (C=O) groups excluding carboxylic acids is 1. The number of nitrogens with zero attached hydrogens (tertiary/aromatic N) is 1. The summed E-state index contributed by atoms with van der Waals surface area (Å²) in [5.74, 6) is 0. The van der Waals surface area contributed by atoms with Crippen LogP contribution in [0.4, 0.5) is 10.5 Å². The lowest BCUT2D eigenvalue weighted by Crippen LogP contribution is -2.43. The molecular formula is C17H18N2O2. The van der Waals surface area contributed by atoms with Crippen LogP contribution in [0.2, 0.25) is 0 Å². The van der Waals surface area contributed by atoms with Gasteiger partial charge in [0.05, 0.1) is 13.2 Å². The molecular weight excluding hydrogens is 264 g/mol. The van der Waals surface area contributed by atoms with Gasteiger partial charge in [0.2, 0.25) is 0 Å². The molecule has 1 heterocycles. The second kappa shape index (κ2) is 6.41. The van der Waals surface area contributed by atoms with Crippen LogP contribution in [0.3, 0.4) is 0 Å². The van der Waals surface area contributed by atoms with Gasteiger partial charge in [-0.25, -0.2) is 4.79 Å². The summed E-state index contributed by atoms with van der Waals surface area (Å²) in [5.41, 5.74) is 3.12. The van der Waals surface area contributed by atoms with Crippen molar-refractivity contribution in [2.45, 2.75) is 0 Å². The van der Waals surface area contributed by atoms with Gasteiger partial charge in [-0.05, 0) is 23.3 Å². The zero-order valence-corrected chi connectivity index (χ0v) is 11.8. The molecule has 4 nitrogen and oxygen atoms in total. The predicted molar refractivity (Wildman–Crippen MR) is 83.3 cm³/mol. The second-order valence-corrected chi connectivity index (χ2v) is 4.97. The van der Waals surface area contributed by atoms with Gasteiger partial charge in [-0.2, -0.15) is 0 Å². The Labute approximate surface area is 124 Å². The average Bonchev–Trinajstić information content (AvgIpc) is 2.57. The number of carbonyl (C=O) groups is 1. The van der Waals surface area contributed by atoms with Crippen LogP contribution in [0.15, 0.2) is 54.6 Å². The Balaban J connectivity index is 1.65. The fourth-order valence-electron chi connectivity index (χ4n) is 2.35. The van der Waals surface area contributed by atoms with Crippen LogP contribution in [0, 0.1) is 0 Å². The minimum Gasteiger partial charge on any atom is -0.378 e. The van der Waals surface area contributed by atoms with Gasteiger partial charge in [0.1, 0.15) is 0 Å². The Morgan fingerprint density at radius 1 is 0.905 bits per heavy atom. The summed E-state index contributed by atoms with van der Waals surface area (Å²) < 4.78 is 5.24. The number of ether oxygens (including phenoxy) is 1. The molecule has 0 spiro atoms.